The first kappa shape index (κ1) is 30.3. The second-order valence-corrected chi connectivity index (χ2v) is 13.9. The van der Waals surface area contributed by atoms with Crippen molar-refractivity contribution >= 4 is 54.5 Å². The van der Waals surface area contributed by atoms with Crippen LogP contribution in [0.25, 0.3) is 99.5 Å². The fourth-order valence-corrected chi connectivity index (χ4v) is 8.19. The van der Waals surface area contributed by atoms with E-state index in [9.17, 15) is 0 Å². The molecule has 0 saturated heterocycles. The van der Waals surface area contributed by atoms with E-state index in [1.807, 2.05) is 18.3 Å². The average molecular weight is 689 g/mol. The van der Waals surface area contributed by atoms with Crippen LogP contribution in [-0.4, -0.2) is 19.1 Å². The highest BCUT2D eigenvalue weighted by Crippen LogP contribution is 2.39. The Morgan fingerprint density at radius 3 is 1.78 bits per heavy atom. The van der Waals surface area contributed by atoms with Crippen molar-refractivity contribution in [2.75, 3.05) is 0 Å². The van der Waals surface area contributed by atoms with Gasteiger partial charge in [-0.1, -0.05) is 121 Å². The largest absolute Gasteiger partial charge is 0.309 e. The van der Waals surface area contributed by atoms with Gasteiger partial charge in [-0.25, -0.2) is 9.97 Å². The van der Waals surface area contributed by atoms with Crippen molar-refractivity contribution in [1.82, 2.24) is 19.1 Å². The Bertz CT molecular complexity index is 3150. The zero-order valence-corrected chi connectivity index (χ0v) is 29.3. The van der Waals surface area contributed by atoms with Crippen LogP contribution in [0, 0.1) is 0 Å². The summed E-state index contributed by atoms with van der Waals surface area (Å²) in [6.45, 7) is 0. The number of fused-ring (bicyclic) bond motifs is 7. The number of rotatable bonds is 5. The number of benzene rings is 7. The van der Waals surface area contributed by atoms with E-state index in [1.165, 1.54) is 38.1 Å². The Hall–Kier alpha value is -7.30. The van der Waals surface area contributed by atoms with Crippen LogP contribution in [0.1, 0.15) is 0 Å². The molecule has 4 nitrogen and oxygen atoms in total. The Kier molecular flexibility index (Phi) is 6.82. The molecule has 4 heteroatoms. The van der Waals surface area contributed by atoms with Crippen molar-refractivity contribution < 1.29 is 0 Å². The highest BCUT2D eigenvalue weighted by atomic mass is 15.1. The van der Waals surface area contributed by atoms with Crippen molar-refractivity contribution in [2.45, 2.75) is 0 Å². The van der Waals surface area contributed by atoms with Gasteiger partial charge >= 0.3 is 0 Å². The molecule has 0 aliphatic rings. The highest BCUT2D eigenvalue weighted by molar-refractivity contribution is 6.12. The lowest BCUT2D eigenvalue weighted by Crippen LogP contribution is -2.01. The van der Waals surface area contributed by atoms with Crippen LogP contribution in [0.5, 0.6) is 0 Å². The molecule has 54 heavy (non-hydrogen) atoms. The summed E-state index contributed by atoms with van der Waals surface area (Å²) in [6, 6.07) is 67.2. The SMILES string of the molecule is c1ccc(-c2cc(-c3ccccc3)nc(-n3c4ccc(-c5ccc6c(c5)c5ccccc5n6-c5ccc6ccccc6c5)cc4c4cccnc43)c2)cc1. The van der Waals surface area contributed by atoms with Gasteiger partial charge < -0.3 is 4.57 Å². The van der Waals surface area contributed by atoms with Crippen LogP contribution in [0.3, 0.4) is 0 Å². The predicted molar refractivity (Wildman–Crippen MR) is 225 cm³/mol. The van der Waals surface area contributed by atoms with Gasteiger partial charge in [0.1, 0.15) is 11.5 Å². The number of nitrogens with zero attached hydrogens (tertiary/aromatic N) is 4. The fraction of sp³-hybridized carbons (Fsp3) is 0. The molecule has 7 aromatic carbocycles. The van der Waals surface area contributed by atoms with E-state index >= 15 is 0 Å². The smallest absolute Gasteiger partial charge is 0.146 e. The van der Waals surface area contributed by atoms with Gasteiger partial charge in [-0.3, -0.25) is 4.57 Å². The van der Waals surface area contributed by atoms with Gasteiger partial charge in [0.15, 0.2) is 0 Å². The molecule has 0 amide bonds. The normalized spacial score (nSPS) is 11.7. The van der Waals surface area contributed by atoms with Gasteiger partial charge in [0.2, 0.25) is 0 Å². The monoisotopic (exact) mass is 688 g/mol. The van der Waals surface area contributed by atoms with Gasteiger partial charge in [-0.2, -0.15) is 0 Å². The molecule has 11 rings (SSSR count). The summed E-state index contributed by atoms with van der Waals surface area (Å²) in [7, 11) is 0. The molecule has 0 saturated carbocycles. The number of hydrogen-bond acceptors (Lipinski definition) is 2. The molecule has 0 spiro atoms. The molecule has 0 atom stereocenters. The topological polar surface area (TPSA) is 35.6 Å². The third kappa shape index (κ3) is 4.85. The summed E-state index contributed by atoms with van der Waals surface area (Å²) < 4.78 is 4.61. The average Bonchev–Trinajstić information content (AvgIpc) is 3.76. The van der Waals surface area contributed by atoms with Gasteiger partial charge in [0, 0.05) is 39.0 Å². The molecule has 0 aliphatic carbocycles. The van der Waals surface area contributed by atoms with E-state index in [2.05, 4.69) is 185 Å². The number of pyridine rings is 2. The first-order valence-corrected chi connectivity index (χ1v) is 18.3. The number of hydrogen-bond donors (Lipinski definition) is 0. The Morgan fingerprint density at radius 2 is 0.981 bits per heavy atom. The van der Waals surface area contributed by atoms with Crippen LogP contribution in [0.4, 0.5) is 0 Å². The minimum absolute atomic E-state index is 0.838. The van der Waals surface area contributed by atoms with Gasteiger partial charge in [-0.05, 0) is 99.8 Å². The molecule has 0 N–H and O–H groups in total. The fourth-order valence-electron chi connectivity index (χ4n) is 8.19. The molecule has 0 bridgehead atoms. The lowest BCUT2D eigenvalue weighted by molar-refractivity contribution is 1.06. The van der Waals surface area contributed by atoms with Crippen LogP contribution in [-0.2, 0) is 0 Å². The van der Waals surface area contributed by atoms with Gasteiger partial charge in [-0.15, -0.1) is 0 Å². The maximum atomic E-state index is 5.28. The first-order chi connectivity index (χ1) is 26.8. The van der Waals surface area contributed by atoms with Crippen molar-refractivity contribution in [3.05, 3.63) is 194 Å². The van der Waals surface area contributed by atoms with Crippen LogP contribution in [0.2, 0.25) is 0 Å². The summed E-state index contributed by atoms with van der Waals surface area (Å²) in [5.41, 5.74) is 12.1. The molecule has 11 aromatic rings. The second kappa shape index (κ2) is 12.1. The number of para-hydroxylation sites is 1. The third-order valence-electron chi connectivity index (χ3n) is 10.7. The minimum Gasteiger partial charge on any atom is -0.309 e. The standard InChI is InChI=1S/C50H32N4/c1-3-12-33(13-4-1)39-31-45(35-15-5-2-6-16-35)52-49(32-39)54-48-26-23-38(30-44(48)42-19-11-27-51-50(42)54)37-22-25-47-43(29-37)41-18-9-10-20-46(41)53(47)40-24-21-34-14-7-8-17-36(34)28-40/h1-32H. The maximum absolute atomic E-state index is 5.28. The van der Waals surface area contributed by atoms with E-state index in [4.69, 9.17) is 9.97 Å². The van der Waals surface area contributed by atoms with Crippen molar-refractivity contribution in [3.8, 4) is 45.0 Å². The molecular formula is C50H32N4. The zero-order chi connectivity index (χ0) is 35.6. The van der Waals surface area contributed by atoms with E-state index in [-0.39, 0.29) is 0 Å². The molecular weight excluding hydrogens is 657 g/mol. The molecule has 252 valence electrons. The molecule has 0 fully saturated rings. The Balaban J connectivity index is 1.09. The molecule has 0 radical (unpaired) electrons. The summed E-state index contributed by atoms with van der Waals surface area (Å²) >= 11 is 0. The third-order valence-corrected chi connectivity index (χ3v) is 10.7. The van der Waals surface area contributed by atoms with Gasteiger partial charge in [0.25, 0.3) is 0 Å². The Labute approximate surface area is 311 Å². The van der Waals surface area contributed by atoms with Crippen molar-refractivity contribution in [3.63, 3.8) is 0 Å². The van der Waals surface area contributed by atoms with E-state index in [0.29, 0.717) is 0 Å². The highest BCUT2D eigenvalue weighted by Gasteiger charge is 2.18. The summed E-state index contributed by atoms with van der Waals surface area (Å²) in [6.07, 6.45) is 1.87. The molecule has 4 aromatic heterocycles. The predicted octanol–water partition coefficient (Wildman–Crippen LogP) is 12.8. The van der Waals surface area contributed by atoms with E-state index < -0.39 is 0 Å². The first-order valence-electron chi connectivity index (χ1n) is 18.3. The lowest BCUT2D eigenvalue weighted by atomic mass is 10.0. The second-order valence-electron chi connectivity index (χ2n) is 13.9. The van der Waals surface area contributed by atoms with Crippen LogP contribution in [0.15, 0.2) is 194 Å². The zero-order valence-electron chi connectivity index (χ0n) is 29.3. The molecule has 4 heterocycles. The minimum atomic E-state index is 0.838. The molecule has 0 unspecified atom stereocenters. The summed E-state index contributed by atoms with van der Waals surface area (Å²) in [5.74, 6) is 0.838. The van der Waals surface area contributed by atoms with Crippen LogP contribution >= 0.6 is 0 Å². The Morgan fingerprint density at radius 1 is 0.352 bits per heavy atom. The quantitative estimate of drug-likeness (QED) is 0.180. The van der Waals surface area contributed by atoms with E-state index in [0.717, 1.165) is 61.4 Å². The van der Waals surface area contributed by atoms with Crippen molar-refractivity contribution in [2.24, 2.45) is 0 Å². The van der Waals surface area contributed by atoms with Gasteiger partial charge in [0.05, 0.1) is 22.2 Å². The van der Waals surface area contributed by atoms with Crippen LogP contribution < -0.4 is 0 Å². The number of aromatic nitrogens is 4. The summed E-state index contributed by atoms with van der Waals surface area (Å²) in [4.78, 5) is 10.2. The van der Waals surface area contributed by atoms with E-state index in [1.54, 1.807) is 0 Å². The molecule has 0 aliphatic heterocycles. The van der Waals surface area contributed by atoms with Crippen molar-refractivity contribution in [1.29, 1.82) is 0 Å². The maximum Gasteiger partial charge on any atom is 0.146 e. The lowest BCUT2D eigenvalue weighted by Gasteiger charge is -2.12. The summed E-state index contributed by atoms with van der Waals surface area (Å²) in [5, 5.41) is 7.18.